The van der Waals surface area contributed by atoms with Crippen LogP contribution >= 0.6 is 0 Å². The van der Waals surface area contributed by atoms with Gasteiger partial charge in [0.1, 0.15) is 6.10 Å². The van der Waals surface area contributed by atoms with Gasteiger partial charge >= 0.3 is 5.97 Å². The van der Waals surface area contributed by atoms with Crippen LogP contribution in [0.15, 0.2) is 24.3 Å². The van der Waals surface area contributed by atoms with Gasteiger partial charge in [-0.15, -0.1) is 0 Å². The quantitative estimate of drug-likeness (QED) is 0.715. The Labute approximate surface area is 82.3 Å². The third-order valence-electron chi connectivity index (χ3n) is 2.41. The molecule has 0 aromatic heterocycles. The third kappa shape index (κ3) is 1.63. The van der Waals surface area contributed by atoms with E-state index in [9.17, 15) is 4.79 Å². The second-order valence-corrected chi connectivity index (χ2v) is 3.40. The molecule has 0 saturated carbocycles. The van der Waals surface area contributed by atoms with Gasteiger partial charge in [-0.2, -0.15) is 0 Å². The molecule has 1 atom stereocenters. The zero-order valence-electron chi connectivity index (χ0n) is 7.77. The highest BCUT2D eigenvalue weighted by Gasteiger charge is 2.24. The van der Waals surface area contributed by atoms with Crippen LogP contribution in [0.1, 0.15) is 22.3 Å². The molecule has 2 rings (SSSR count). The van der Waals surface area contributed by atoms with Gasteiger partial charge in [0.25, 0.3) is 0 Å². The predicted octanol–water partition coefficient (Wildman–Crippen LogP) is 1.15. The molecule has 74 valence electrons. The highest BCUT2D eigenvalue weighted by atomic mass is 16.5. The van der Waals surface area contributed by atoms with Gasteiger partial charge in [-0.1, -0.05) is 18.2 Å². The lowest BCUT2D eigenvalue weighted by molar-refractivity contribution is 0.0198. The molecule has 0 amide bonds. The van der Waals surface area contributed by atoms with Crippen LogP contribution in [0.25, 0.3) is 0 Å². The van der Waals surface area contributed by atoms with E-state index in [-0.39, 0.29) is 18.7 Å². The fourth-order valence-corrected chi connectivity index (χ4v) is 1.70. The van der Waals surface area contributed by atoms with E-state index in [0.29, 0.717) is 18.4 Å². The van der Waals surface area contributed by atoms with Gasteiger partial charge in [-0.3, -0.25) is 0 Å². The summed E-state index contributed by atoms with van der Waals surface area (Å²) in [4.78, 5) is 11.5. The van der Waals surface area contributed by atoms with Crippen molar-refractivity contribution in [2.45, 2.75) is 18.9 Å². The van der Waals surface area contributed by atoms with Crippen molar-refractivity contribution in [1.29, 1.82) is 0 Å². The Bertz CT molecular complexity index is 346. The van der Waals surface area contributed by atoms with E-state index < -0.39 is 0 Å². The summed E-state index contributed by atoms with van der Waals surface area (Å²) in [7, 11) is 0. The topological polar surface area (TPSA) is 46.5 Å². The highest BCUT2D eigenvalue weighted by Crippen LogP contribution is 2.21. The molecule has 0 aliphatic carbocycles. The van der Waals surface area contributed by atoms with E-state index in [1.54, 1.807) is 6.07 Å². The molecule has 1 aliphatic heterocycles. The monoisotopic (exact) mass is 192 g/mol. The van der Waals surface area contributed by atoms with Crippen LogP contribution in [0.4, 0.5) is 0 Å². The molecule has 1 aliphatic rings. The smallest absolute Gasteiger partial charge is 0.338 e. The van der Waals surface area contributed by atoms with Crippen LogP contribution in [0.3, 0.4) is 0 Å². The fraction of sp³-hybridized carbons (Fsp3) is 0.364. The Hall–Kier alpha value is -1.35. The number of carbonyl (C=O) groups excluding carboxylic acids is 1. The van der Waals surface area contributed by atoms with Crippen LogP contribution in [-0.2, 0) is 11.2 Å². The maximum absolute atomic E-state index is 11.5. The Balaban J connectivity index is 2.24. The Morgan fingerprint density at radius 2 is 2.21 bits per heavy atom. The molecular formula is C11H12O3. The standard InChI is InChI=1S/C11H12O3/c12-6-5-9-7-8-3-1-2-4-10(8)11(13)14-9/h1-4,9,12H,5-7H2. The molecule has 1 unspecified atom stereocenters. The van der Waals surface area contributed by atoms with Crippen molar-refractivity contribution in [3.63, 3.8) is 0 Å². The average Bonchev–Trinajstić information content (AvgIpc) is 2.18. The predicted molar refractivity (Wildman–Crippen MR) is 51.1 cm³/mol. The van der Waals surface area contributed by atoms with Crippen molar-refractivity contribution in [1.82, 2.24) is 0 Å². The van der Waals surface area contributed by atoms with E-state index in [1.165, 1.54) is 0 Å². The molecule has 0 spiro atoms. The molecule has 0 fully saturated rings. The van der Waals surface area contributed by atoms with Crippen LogP contribution in [0.2, 0.25) is 0 Å². The summed E-state index contributed by atoms with van der Waals surface area (Å²) in [5, 5.41) is 8.76. The second-order valence-electron chi connectivity index (χ2n) is 3.40. The Morgan fingerprint density at radius 3 is 3.00 bits per heavy atom. The van der Waals surface area contributed by atoms with Gasteiger partial charge < -0.3 is 9.84 Å². The Kier molecular flexibility index (Phi) is 2.50. The fourth-order valence-electron chi connectivity index (χ4n) is 1.70. The number of aliphatic hydroxyl groups excluding tert-OH is 1. The summed E-state index contributed by atoms with van der Waals surface area (Å²) < 4.78 is 5.15. The molecule has 3 heteroatoms. The molecule has 1 N–H and O–H groups in total. The van der Waals surface area contributed by atoms with Gasteiger partial charge in [0, 0.05) is 19.4 Å². The largest absolute Gasteiger partial charge is 0.458 e. The molecule has 14 heavy (non-hydrogen) atoms. The van der Waals surface area contributed by atoms with Gasteiger partial charge in [-0.05, 0) is 11.6 Å². The molecular weight excluding hydrogens is 180 g/mol. The number of cyclic esters (lactones) is 1. The van der Waals surface area contributed by atoms with Gasteiger partial charge in [0.05, 0.1) is 5.56 Å². The molecule has 0 radical (unpaired) electrons. The number of benzene rings is 1. The molecule has 3 nitrogen and oxygen atoms in total. The van der Waals surface area contributed by atoms with Crippen LogP contribution < -0.4 is 0 Å². The number of aliphatic hydroxyl groups is 1. The van der Waals surface area contributed by atoms with E-state index in [4.69, 9.17) is 9.84 Å². The van der Waals surface area contributed by atoms with E-state index in [2.05, 4.69) is 0 Å². The van der Waals surface area contributed by atoms with E-state index in [0.717, 1.165) is 5.56 Å². The zero-order chi connectivity index (χ0) is 9.97. The molecule has 1 heterocycles. The normalized spacial score (nSPS) is 20.1. The van der Waals surface area contributed by atoms with Gasteiger partial charge in [-0.25, -0.2) is 4.79 Å². The number of hydrogen-bond acceptors (Lipinski definition) is 3. The number of carbonyl (C=O) groups is 1. The van der Waals surface area contributed by atoms with Crippen molar-refractivity contribution in [3.8, 4) is 0 Å². The van der Waals surface area contributed by atoms with Gasteiger partial charge in [0.2, 0.25) is 0 Å². The average molecular weight is 192 g/mol. The number of fused-ring (bicyclic) bond motifs is 1. The first-order chi connectivity index (χ1) is 6.81. The maximum atomic E-state index is 11.5. The lowest BCUT2D eigenvalue weighted by atomic mass is 9.97. The maximum Gasteiger partial charge on any atom is 0.338 e. The zero-order valence-corrected chi connectivity index (χ0v) is 7.77. The Morgan fingerprint density at radius 1 is 1.43 bits per heavy atom. The second kappa shape index (κ2) is 3.80. The third-order valence-corrected chi connectivity index (χ3v) is 2.41. The number of ether oxygens (including phenoxy) is 1. The molecule has 1 aromatic carbocycles. The highest BCUT2D eigenvalue weighted by molar-refractivity contribution is 5.92. The summed E-state index contributed by atoms with van der Waals surface area (Å²) in [5.74, 6) is -0.273. The first-order valence-electron chi connectivity index (χ1n) is 4.71. The van der Waals surface area contributed by atoms with Crippen LogP contribution in [0.5, 0.6) is 0 Å². The number of hydrogen-bond donors (Lipinski definition) is 1. The van der Waals surface area contributed by atoms with Crippen molar-refractivity contribution in [2.75, 3.05) is 6.61 Å². The van der Waals surface area contributed by atoms with E-state index >= 15 is 0 Å². The molecule has 1 aromatic rings. The minimum absolute atomic E-state index is 0.0557. The summed E-state index contributed by atoms with van der Waals surface area (Å²) >= 11 is 0. The van der Waals surface area contributed by atoms with Crippen molar-refractivity contribution >= 4 is 5.97 Å². The first kappa shape index (κ1) is 9.21. The summed E-state index contributed by atoms with van der Waals surface area (Å²) in [6.07, 6.45) is 1.06. The number of esters is 1. The molecule has 0 bridgehead atoms. The van der Waals surface area contributed by atoms with Crippen LogP contribution in [0, 0.1) is 0 Å². The van der Waals surface area contributed by atoms with Gasteiger partial charge in [0.15, 0.2) is 0 Å². The van der Waals surface area contributed by atoms with E-state index in [1.807, 2.05) is 18.2 Å². The number of rotatable bonds is 2. The summed E-state index contributed by atoms with van der Waals surface area (Å²) in [6, 6.07) is 7.44. The summed E-state index contributed by atoms with van der Waals surface area (Å²) in [5.41, 5.74) is 1.67. The lowest BCUT2D eigenvalue weighted by Crippen LogP contribution is -2.28. The van der Waals surface area contributed by atoms with Crippen LogP contribution in [-0.4, -0.2) is 23.8 Å². The summed E-state index contributed by atoms with van der Waals surface area (Å²) in [6.45, 7) is 0.0557. The SMILES string of the molecule is O=C1OC(CCO)Cc2ccccc21. The minimum Gasteiger partial charge on any atom is -0.458 e. The van der Waals surface area contributed by atoms with Crippen molar-refractivity contribution in [3.05, 3.63) is 35.4 Å². The van der Waals surface area contributed by atoms with Crippen molar-refractivity contribution in [2.24, 2.45) is 0 Å². The van der Waals surface area contributed by atoms with Crippen molar-refractivity contribution < 1.29 is 14.6 Å². The molecule has 0 saturated heterocycles. The lowest BCUT2D eigenvalue weighted by Gasteiger charge is -2.23. The minimum atomic E-state index is -0.273. The first-order valence-corrected chi connectivity index (χ1v) is 4.71.